The minimum Gasteiger partial charge on any atom is -0.478 e. The molecule has 0 aliphatic heterocycles. The number of benzene rings is 1. The predicted octanol–water partition coefficient (Wildman–Crippen LogP) is 1.94. The molecule has 1 aromatic rings. The third-order valence-electron chi connectivity index (χ3n) is 2.07. The maximum Gasteiger partial charge on any atom is 0.347 e. The van der Waals surface area contributed by atoms with Crippen molar-refractivity contribution in [2.24, 2.45) is 0 Å². The molecule has 0 fully saturated rings. The summed E-state index contributed by atoms with van der Waals surface area (Å²) in [5, 5.41) is 8.98. The van der Waals surface area contributed by atoms with E-state index < -0.39 is 17.5 Å². The van der Waals surface area contributed by atoms with E-state index in [9.17, 15) is 9.59 Å². The number of carboxylic acid groups (broad SMARTS) is 1. The Morgan fingerprint density at radius 2 is 2.00 bits per heavy atom. The van der Waals surface area contributed by atoms with Crippen molar-refractivity contribution in [1.29, 1.82) is 0 Å². The van der Waals surface area contributed by atoms with Crippen molar-refractivity contribution in [3.63, 3.8) is 0 Å². The van der Waals surface area contributed by atoms with Crippen molar-refractivity contribution in [2.75, 3.05) is 5.73 Å². The molecule has 92 valence electrons. The van der Waals surface area contributed by atoms with Gasteiger partial charge < -0.3 is 15.6 Å². The number of carbonyl (C=O) groups excluding carboxylic acids is 1. The lowest BCUT2D eigenvalue weighted by Gasteiger charge is -2.20. The van der Waals surface area contributed by atoms with Gasteiger partial charge in [-0.2, -0.15) is 0 Å². The van der Waals surface area contributed by atoms with Gasteiger partial charge in [-0.15, -0.1) is 0 Å². The molecule has 1 rings (SSSR count). The van der Waals surface area contributed by atoms with Crippen LogP contribution < -0.4 is 5.73 Å². The number of esters is 1. The Balaban J connectivity index is 2.98. The predicted molar refractivity (Wildman–Crippen MR) is 63.0 cm³/mol. The van der Waals surface area contributed by atoms with Gasteiger partial charge in [-0.05, 0) is 32.0 Å². The zero-order valence-corrected chi connectivity index (χ0v) is 10.1. The van der Waals surface area contributed by atoms with Crippen LogP contribution in [0.2, 0.25) is 5.02 Å². The summed E-state index contributed by atoms with van der Waals surface area (Å²) >= 11 is 5.80. The number of carbonyl (C=O) groups is 2. The summed E-state index contributed by atoms with van der Waals surface area (Å²) in [5.74, 6) is -2.07. The quantitative estimate of drug-likeness (QED) is 0.638. The second-order valence-corrected chi connectivity index (χ2v) is 4.35. The van der Waals surface area contributed by atoms with Gasteiger partial charge in [-0.25, -0.2) is 9.59 Å². The molecule has 0 amide bonds. The van der Waals surface area contributed by atoms with Crippen molar-refractivity contribution in [1.82, 2.24) is 0 Å². The molecule has 6 heteroatoms. The fourth-order valence-electron chi connectivity index (χ4n) is 1.03. The number of halogens is 1. The summed E-state index contributed by atoms with van der Waals surface area (Å²) in [6.45, 7) is 2.54. The van der Waals surface area contributed by atoms with Gasteiger partial charge in [-0.3, -0.25) is 0 Å². The molecule has 5 nitrogen and oxygen atoms in total. The van der Waals surface area contributed by atoms with Crippen molar-refractivity contribution < 1.29 is 19.4 Å². The Hall–Kier alpha value is -1.75. The highest BCUT2D eigenvalue weighted by Crippen LogP contribution is 2.22. The molecule has 3 N–H and O–H groups in total. The molecule has 1 aromatic carbocycles. The first-order valence-electron chi connectivity index (χ1n) is 4.76. The average Bonchev–Trinajstić information content (AvgIpc) is 2.20. The largest absolute Gasteiger partial charge is 0.478 e. The van der Waals surface area contributed by atoms with Crippen LogP contribution in [0.3, 0.4) is 0 Å². The molecule has 0 radical (unpaired) electrons. The van der Waals surface area contributed by atoms with E-state index in [2.05, 4.69) is 0 Å². The molecule has 0 aromatic heterocycles. The molecular weight excluding hydrogens is 246 g/mol. The summed E-state index contributed by atoms with van der Waals surface area (Å²) in [6.07, 6.45) is 0. The van der Waals surface area contributed by atoms with E-state index in [1.165, 1.54) is 32.0 Å². The van der Waals surface area contributed by atoms with Crippen molar-refractivity contribution >= 4 is 29.2 Å². The molecular formula is C11H12ClNO4. The first-order valence-corrected chi connectivity index (χ1v) is 5.13. The fourth-order valence-corrected chi connectivity index (χ4v) is 1.22. The number of hydrogen-bond acceptors (Lipinski definition) is 4. The zero-order valence-electron chi connectivity index (χ0n) is 9.36. The molecule has 0 heterocycles. The second kappa shape index (κ2) is 4.63. The van der Waals surface area contributed by atoms with Gasteiger partial charge in [0.15, 0.2) is 0 Å². The SMILES string of the molecule is CC(C)(OC(=O)c1cc(N)ccc1Cl)C(=O)O. The highest BCUT2D eigenvalue weighted by molar-refractivity contribution is 6.33. The standard InChI is InChI=1S/C11H12ClNO4/c1-11(2,10(15)16)17-9(14)7-5-6(13)3-4-8(7)12/h3-5H,13H2,1-2H3,(H,15,16). The highest BCUT2D eigenvalue weighted by atomic mass is 35.5. The molecule has 0 spiro atoms. The van der Waals surface area contributed by atoms with E-state index in [0.29, 0.717) is 5.69 Å². The van der Waals surface area contributed by atoms with Crippen molar-refractivity contribution in [2.45, 2.75) is 19.4 Å². The molecule has 0 saturated carbocycles. The van der Waals surface area contributed by atoms with Crippen LogP contribution in [-0.4, -0.2) is 22.6 Å². The third kappa shape index (κ3) is 3.10. The summed E-state index contributed by atoms with van der Waals surface area (Å²) in [6, 6.07) is 4.31. The summed E-state index contributed by atoms with van der Waals surface area (Å²) in [5.41, 5.74) is 4.27. The van der Waals surface area contributed by atoms with Crippen LogP contribution in [-0.2, 0) is 9.53 Å². The van der Waals surface area contributed by atoms with E-state index in [-0.39, 0.29) is 10.6 Å². The third-order valence-corrected chi connectivity index (χ3v) is 2.40. The Labute approximate surface area is 103 Å². The number of rotatable bonds is 3. The lowest BCUT2D eigenvalue weighted by Crippen LogP contribution is -2.37. The summed E-state index contributed by atoms with van der Waals surface area (Å²) < 4.78 is 4.84. The Bertz CT molecular complexity index is 471. The zero-order chi connectivity index (χ0) is 13.2. The van der Waals surface area contributed by atoms with E-state index in [4.69, 9.17) is 27.2 Å². The minimum atomic E-state index is -1.62. The Morgan fingerprint density at radius 1 is 1.41 bits per heavy atom. The second-order valence-electron chi connectivity index (χ2n) is 3.94. The lowest BCUT2D eigenvalue weighted by atomic mass is 10.1. The molecule has 0 bridgehead atoms. The van der Waals surface area contributed by atoms with Gasteiger partial charge in [-0.1, -0.05) is 11.6 Å². The molecule has 0 saturated heterocycles. The molecule has 0 atom stereocenters. The molecule has 0 aliphatic carbocycles. The maximum absolute atomic E-state index is 11.7. The first kappa shape index (κ1) is 13.3. The van der Waals surface area contributed by atoms with E-state index in [1.807, 2.05) is 0 Å². The molecule has 17 heavy (non-hydrogen) atoms. The minimum absolute atomic E-state index is 0.0426. The van der Waals surface area contributed by atoms with E-state index in [1.54, 1.807) is 0 Å². The van der Waals surface area contributed by atoms with Crippen LogP contribution >= 0.6 is 11.6 Å². The average molecular weight is 258 g/mol. The topological polar surface area (TPSA) is 89.6 Å². The highest BCUT2D eigenvalue weighted by Gasteiger charge is 2.32. The molecule has 0 aliphatic rings. The Kier molecular flexibility index (Phi) is 3.63. The van der Waals surface area contributed by atoms with Crippen LogP contribution in [0.25, 0.3) is 0 Å². The van der Waals surface area contributed by atoms with Crippen LogP contribution in [0.1, 0.15) is 24.2 Å². The van der Waals surface area contributed by atoms with Gasteiger partial charge in [0.1, 0.15) is 0 Å². The van der Waals surface area contributed by atoms with Crippen molar-refractivity contribution in [3.8, 4) is 0 Å². The van der Waals surface area contributed by atoms with Crippen LogP contribution in [0.15, 0.2) is 18.2 Å². The monoisotopic (exact) mass is 257 g/mol. The number of anilines is 1. The van der Waals surface area contributed by atoms with E-state index >= 15 is 0 Å². The smallest absolute Gasteiger partial charge is 0.347 e. The van der Waals surface area contributed by atoms with Crippen molar-refractivity contribution in [3.05, 3.63) is 28.8 Å². The van der Waals surface area contributed by atoms with Gasteiger partial charge in [0.25, 0.3) is 0 Å². The molecule has 0 unspecified atom stereocenters. The van der Waals surface area contributed by atoms with Crippen LogP contribution in [0.4, 0.5) is 5.69 Å². The normalized spacial score (nSPS) is 11.0. The first-order chi connectivity index (χ1) is 7.74. The number of carboxylic acids is 1. The van der Waals surface area contributed by atoms with Crippen LogP contribution in [0, 0.1) is 0 Å². The number of aliphatic carboxylic acids is 1. The summed E-state index contributed by atoms with van der Waals surface area (Å²) in [4.78, 5) is 22.5. The van der Waals surface area contributed by atoms with Gasteiger partial charge in [0, 0.05) is 5.69 Å². The summed E-state index contributed by atoms with van der Waals surface area (Å²) in [7, 11) is 0. The maximum atomic E-state index is 11.7. The Morgan fingerprint density at radius 3 is 2.53 bits per heavy atom. The lowest BCUT2D eigenvalue weighted by molar-refractivity contribution is -0.155. The number of nitrogen functional groups attached to an aromatic ring is 1. The fraction of sp³-hybridized carbons (Fsp3) is 0.273. The number of ether oxygens (including phenoxy) is 1. The number of nitrogens with two attached hydrogens (primary N) is 1. The number of hydrogen-bond donors (Lipinski definition) is 2. The van der Waals surface area contributed by atoms with E-state index in [0.717, 1.165) is 0 Å². The van der Waals surface area contributed by atoms with Gasteiger partial charge in [0.05, 0.1) is 10.6 Å². The van der Waals surface area contributed by atoms with Gasteiger partial charge >= 0.3 is 11.9 Å². The van der Waals surface area contributed by atoms with Crippen LogP contribution in [0.5, 0.6) is 0 Å². The van der Waals surface area contributed by atoms with Gasteiger partial charge in [0.2, 0.25) is 5.60 Å².